The van der Waals surface area contributed by atoms with Crippen molar-refractivity contribution in [3.63, 3.8) is 0 Å². The molecule has 0 fully saturated rings. The topological polar surface area (TPSA) is 55.1 Å². The molecule has 0 amide bonds. The molecule has 102 valence electrons. The van der Waals surface area contributed by atoms with Crippen molar-refractivity contribution in [3.8, 4) is 0 Å². The van der Waals surface area contributed by atoms with Crippen LogP contribution >= 0.6 is 0 Å². The summed E-state index contributed by atoms with van der Waals surface area (Å²) in [4.78, 5) is 15.3. The molecule has 4 heteroatoms. The number of carboxylic acids is 1. The van der Waals surface area contributed by atoms with E-state index in [0.717, 1.165) is 30.5 Å². The first kappa shape index (κ1) is 12.7. The maximum absolute atomic E-state index is 11.2. The van der Waals surface area contributed by atoms with Crippen molar-refractivity contribution >= 4 is 12.0 Å². The third kappa shape index (κ3) is 2.37. The number of allylic oxidation sites excluding steroid dienone is 1. The third-order valence-electron chi connectivity index (χ3n) is 3.74. The molecular formula is C16H16N2O2. The molecule has 4 nitrogen and oxygen atoms in total. The van der Waals surface area contributed by atoms with Gasteiger partial charge in [-0.1, -0.05) is 12.1 Å². The Morgan fingerprint density at radius 1 is 1.40 bits per heavy atom. The molecule has 1 aromatic heterocycles. The summed E-state index contributed by atoms with van der Waals surface area (Å²) in [6, 6.07) is 3.79. The van der Waals surface area contributed by atoms with Gasteiger partial charge in [0, 0.05) is 18.9 Å². The summed E-state index contributed by atoms with van der Waals surface area (Å²) in [5.41, 5.74) is 4.80. The minimum absolute atomic E-state index is 0.392. The number of imidazole rings is 1. The number of hydrogen-bond acceptors (Lipinski definition) is 2. The van der Waals surface area contributed by atoms with Crippen molar-refractivity contribution in [3.05, 3.63) is 58.7 Å². The molecule has 0 aliphatic heterocycles. The van der Waals surface area contributed by atoms with Crippen molar-refractivity contribution in [2.45, 2.75) is 26.3 Å². The number of carbonyl (C=O) groups is 1. The summed E-state index contributed by atoms with van der Waals surface area (Å²) < 4.78 is 2.03. The van der Waals surface area contributed by atoms with E-state index in [1.807, 2.05) is 23.8 Å². The molecule has 0 saturated heterocycles. The predicted molar refractivity (Wildman–Crippen MR) is 76.7 cm³/mol. The normalized spacial score (nSPS) is 13.8. The zero-order valence-corrected chi connectivity index (χ0v) is 11.3. The Kier molecular flexibility index (Phi) is 3.14. The van der Waals surface area contributed by atoms with Gasteiger partial charge >= 0.3 is 5.97 Å². The predicted octanol–water partition coefficient (Wildman–Crippen LogP) is 2.92. The van der Waals surface area contributed by atoms with Crippen LogP contribution in [0.4, 0.5) is 0 Å². The van der Waals surface area contributed by atoms with Gasteiger partial charge in [0.15, 0.2) is 0 Å². The van der Waals surface area contributed by atoms with Gasteiger partial charge in [0.2, 0.25) is 0 Å². The van der Waals surface area contributed by atoms with Gasteiger partial charge < -0.3 is 9.67 Å². The van der Waals surface area contributed by atoms with E-state index in [9.17, 15) is 9.90 Å². The molecule has 0 atom stereocenters. The Balaban J connectivity index is 1.95. The fraction of sp³-hybridized carbons (Fsp3) is 0.250. The van der Waals surface area contributed by atoms with E-state index in [0.29, 0.717) is 5.56 Å². The van der Waals surface area contributed by atoms with Crippen LogP contribution in [0, 0.1) is 6.92 Å². The van der Waals surface area contributed by atoms with Gasteiger partial charge in [0.05, 0.1) is 11.9 Å². The van der Waals surface area contributed by atoms with Crippen molar-refractivity contribution in [1.82, 2.24) is 9.55 Å². The fourth-order valence-corrected chi connectivity index (χ4v) is 2.69. The standard InChI is InChI=1S/C16H16N2O2/c1-11-6-13-3-2-12(9-18-5-4-17-10-18)7-14(13)8-15(11)16(19)20/h4-8,10H,2-3,9H2,1H3,(H,19,20). The molecule has 1 N–H and O–H groups in total. The smallest absolute Gasteiger partial charge is 0.335 e. The molecule has 1 aromatic carbocycles. The summed E-state index contributed by atoms with van der Waals surface area (Å²) in [5, 5.41) is 9.21. The van der Waals surface area contributed by atoms with Crippen LogP contribution in [0.3, 0.4) is 0 Å². The van der Waals surface area contributed by atoms with Crippen molar-refractivity contribution < 1.29 is 9.90 Å². The van der Waals surface area contributed by atoms with Crippen molar-refractivity contribution in [1.29, 1.82) is 0 Å². The van der Waals surface area contributed by atoms with E-state index in [1.54, 1.807) is 18.6 Å². The second-order valence-electron chi connectivity index (χ2n) is 5.21. The van der Waals surface area contributed by atoms with Crippen LogP contribution in [0.15, 0.2) is 36.4 Å². The Hall–Kier alpha value is -2.36. The Labute approximate surface area is 117 Å². The first-order valence-corrected chi connectivity index (χ1v) is 6.65. The monoisotopic (exact) mass is 268 g/mol. The third-order valence-corrected chi connectivity index (χ3v) is 3.74. The SMILES string of the molecule is Cc1cc2c(cc1C(=O)O)C=C(Cn1ccnc1)CC2. The second-order valence-corrected chi connectivity index (χ2v) is 5.21. The number of nitrogens with zero attached hydrogens (tertiary/aromatic N) is 2. The minimum Gasteiger partial charge on any atom is -0.478 e. The Morgan fingerprint density at radius 2 is 2.25 bits per heavy atom. The number of fused-ring (bicyclic) bond motifs is 1. The molecule has 2 aromatic rings. The molecule has 1 heterocycles. The van der Waals surface area contributed by atoms with Crippen LogP contribution in [-0.2, 0) is 13.0 Å². The van der Waals surface area contributed by atoms with Gasteiger partial charge in [-0.15, -0.1) is 0 Å². The molecule has 20 heavy (non-hydrogen) atoms. The second kappa shape index (κ2) is 4.96. The van der Waals surface area contributed by atoms with E-state index in [2.05, 4.69) is 11.1 Å². The average molecular weight is 268 g/mol. The van der Waals surface area contributed by atoms with Gasteiger partial charge in [-0.25, -0.2) is 9.78 Å². The van der Waals surface area contributed by atoms with Crippen molar-refractivity contribution in [2.24, 2.45) is 0 Å². The van der Waals surface area contributed by atoms with E-state index < -0.39 is 5.97 Å². The van der Waals surface area contributed by atoms with Crippen LogP contribution < -0.4 is 0 Å². The minimum atomic E-state index is -0.861. The summed E-state index contributed by atoms with van der Waals surface area (Å²) in [6.45, 7) is 2.67. The van der Waals surface area contributed by atoms with E-state index >= 15 is 0 Å². The largest absolute Gasteiger partial charge is 0.478 e. The highest BCUT2D eigenvalue weighted by Crippen LogP contribution is 2.27. The summed E-state index contributed by atoms with van der Waals surface area (Å²) >= 11 is 0. The lowest BCUT2D eigenvalue weighted by molar-refractivity contribution is 0.0696. The zero-order valence-electron chi connectivity index (χ0n) is 11.3. The Bertz CT molecular complexity index is 685. The highest BCUT2D eigenvalue weighted by Gasteiger charge is 2.15. The molecule has 0 spiro atoms. The van der Waals surface area contributed by atoms with Gasteiger partial charge in [-0.05, 0) is 48.1 Å². The lowest BCUT2D eigenvalue weighted by Gasteiger charge is -2.18. The highest BCUT2D eigenvalue weighted by atomic mass is 16.4. The number of carboxylic acid groups (broad SMARTS) is 1. The number of benzene rings is 1. The van der Waals surface area contributed by atoms with Gasteiger partial charge in [-0.2, -0.15) is 0 Å². The number of aromatic nitrogens is 2. The molecule has 0 saturated carbocycles. The molecule has 0 bridgehead atoms. The van der Waals surface area contributed by atoms with Crippen molar-refractivity contribution in [2.75, 3.05) is 0 Å². The molecular weight excluding hydrogens is 252 g/mol. The van der Waals surface area contributed by atoms with E-state index in [4.69, 9.17) is 0 Å². The van der Waals surface area contributed by atoms with Crippen LogP contribution in [0.5, 0.6) is 0 Å². The van der Waals surface area contributed by atoms with Crippen LogP contribution in [0.25, 0.3) is 6.08 Å². The van der Waals surface area contributed by atoms with Crippen LogP contribution in [0.2, 0.25) is 0 Å². The quantitative estimate of drug-likeness (QED) is 0.931. The maximum atomic E-state index is 11.2. The summed E-state index contributed by atoms with van der Waals surface area (Å²) in [6.07, 6.45) is 9.60. The van der Waals surface area contributed by atoms with E-state index in [-0.39, 0.29) is 0 Å². The van der Waals surface area contributed by atoms with Crippen LogP contribution in [-0.4, -0.2) is 20.6 Å². The first-order valence-electron chi connectivity index (χ1n) is 6.65. The first-order chi connectivity index (χ1) is 9.63. The molecule has 1 aliphatic rings. The molecule has 0 unspecified atom stereocenters. The maximum Gasteiger partial charge on any atom is 0.335 e. The number of rotatable bonds is 3. The molecule has 1 aliphatic carbocycles. The number of aromatic carboxylic acids is 1. The van der Waals surface area contributed by atoms with Gasteiger partial charge in [0.1, 0.15) is 0 Å². The van der Waals surface area contributed by atoms with Crippen LogP contribution in [0.1, 0.15) is 33.5 Å². The van der Waals surface area contributed by atoms with Gasteiger partial charge in [0.25, 0.3) is 0 Å². The fourth-order valence-electron chi connectivity index (χ4n) is 2.69. The van der Waals surface area contributed by atoms with E-state index in [1.165, 1.54) is 11.1 Å². The zero-order chi connectivity index (χ0) is 14.1. The molecule has 3 rings (SSSR count). The summed E-state index contributed by atoms with van der Waals surface area (Å²) in [7, 11) is 0. The lowest BCUT2D eigenvalue weighted by atomic mass is 9.89. The highest BCUT2D eigenvalue weighted by molar-refractivity contribution is 5.90. The average Bonchev–Trinajstić information content (AvgIpc) is 2.91. The van der Waals surface area contributed by atoms with Gasteiger partial charge in [-0.3, -0.25) is 0 Å². The lowest BCUT2D eigenvalue weighted by Crippen LogP contribution is -2.08. The number of hydrogen-bond donors (Lipinski definition) is 1. The Morgan fingerprint density at radius 3 is 2.95 bits per heavy atom. The molecule has 0 radical (unpaired) electrons. The number of aryl methyl sites for hydroxylation is 2. The summed E-state index contributed by atoms with van der Waals surface area (Å²) in [5.74, 6) is -0.861.